The number of hydrogen-bond acceptors (Lipinski definition) is 3. The van der Waals surface area contributed by atoms with Crippen molar-refractivity contribution < 1.29 is 4.42 Å². The fraction of sp³-hybridized carbons (Fsp3) is 0.474. The number of nitrogens with zero attached hydrogens (tertiary/aromatic N) is 1. The zero-order valence-electron chi connectivity index (χ0n) is 13.9. The van der Waals surface area contributed by atoms with E-state index in [9.17, 15) is 0 Å². The third kappa shape index (κ3) is 3.72. The Morgan fingerprint density at radius 2 is 2.00 bits per heavy atom. The standard InChI is InChI=1S/C19H26N2O/c1-14-6-8-17(11-15(14)2)20-18-5-4-10-21(12-18)13-19-9-7-16(3)22-19/h6-9,11,18,20H,4-5,10,12-13H2,1-3H3. The van der Waals surface area contributed by atoms with Crippen molar-refractivity contribution in [3.63, 3.8) is 0 Å². The van der Waals surface area contributed by atoms with Crippen molar-refractivity contribution >= 4 is 5.69 Å². The van der Waals surface area contributed by atoms with Crippen molar-refractivity contribution in [3.8, 4) is 0 Å². The predicted octanol–water partition coefficient (Wildman–Crippen LogP) is 4.28. The summed E-state index contributed by atoms with van der Waals surface area (Å²) in [5.41, 5.74) is 3.94. The van der Waals surface area contributed by atoms with E-state index in [-0.39, 0.29) is 0 Å². The van der Waals surface area contributed by atoms with Crippen LogP contribution in [0.25, 0.3) is 0 Å². The predicted molar refractivity (Wildman–Crippen MR) is 91.3 cm³/mol. The third-order valence-electron chi connectivity index (χ3n) is 4.56. The van der Waals surface area contributed by atoms with Crippen molar-refractivity contribution in [2.75, 3.05) is 18.4 Å². The lowest BCUT2D eigenvalue weighted by atomic mass is 10.0. The maximum Gasteiger partial charge on any atom is 0.118 e. The first kappa shape index (κ1) is 15.2. The molecule has 1 aromatic carbocycles. The lowest BCUT2D eigenvalue weighted by Gasteiger charge is -2.33. The van der Waals surface area contributed by atoms with Gasteiger partial charge in [-0.25, -0.2) is 0 Å². The highest BCUT2D eigenvalue weighted by atomic mass is 16.3. The molecule has 1 aliphatic heterocycles. The number of rotatable bonds is 4. The molecule has 2 heterocycles. The summed E-state index contributed by atoms with van der Waals surface area (Å²) < 4.78 is 5.71. The summed E-state index contributed by atoms with van der Waals surface area (Å²) in [6, 6.07) is 11.3. The Bertz CT molecular complexity index is 632. The first-order valence-corrected chi connectivity index (χ1v) is 8.21. The molecular weight excluding hydrogens is 272 g/mol. The fourth-order valence-electron chi connectivity index (χ4n) is 3.17. The van der Waals surface area contributed by atoms with Gasteiger partial charge < -0.3 is 9.73 Å². The van der Waals surface area contributed by atoms with Crippen LogP contribution in [0.15, 0.2) is 34.7 Å². The normalized spacial score (nSPS) is 19.3. The molecule has 118 valence electrons. The van der Waals surface area contributed by atoms with Crippen LogP contribution in [0, 0.1) is 20.8 Å². The second-order valence-electron chi connectivity index (χ2n) is 6.53. The summed E-state index contributed by atoms with van der Waals surface area (Å²) in [5.74, 6) is 2.07. The number of benzene rings is 1. The molecule has 0 spiro atoms. The molecule has 3 nitrogen and oxygen atoms in total. The zero-order valence-corrected chi connectivity index (χ0v) is 13.9. The van der Waals surface area contributed by atoms with Gasteiger partial charge >= 0.3 is 0 Å². The van der Waals surface area contributed by atoms with Crippen LogP contribution < -0.4 is 5.32 Å². The van der Waals surface area contributed by atoms with Gasteiger partial charge in [-0.15, -0.1) is 0 Å². The maximum absolute atomic E-state index is 5.71. The molecule has 1 fully saturated rings. The van der Waals surface area contributed by atoms with E-state index >= 15 is 0 Å². The Morgan fingerprint density at radius 3 is 2.73 bits per heavy atom. The van der Waals surface area contributed by atoms with Gasteiger partial charge in [-0.05, 0) is 75.5 Å². The first-order valence-electron chi connectivity index (χ1n) is 8.21. The molecule has 3 rings (SSSR count). The second kappa shape index (κ2) is 6.57. The van der Waals surface area contributed by atoms with E-state index in [1.807, 2.05) is 13.0 Å². The Labute approximate surface area is 133 Å². The van der Waals surface area contributed by atoms with E-state index in [0.29, 0.717) is 6.04 Å². The van der Waals surface area contributed by atoms with Gasteiger partial charge in [0.25, 0.3) is 0 Å². The third-order valence-corrected chi connectivity index (χ3v) is 4.56. The van der Waals surface area contributed by atoms with Gasteiger partial charge in [-0.3, -0.25) is 4.90 Å². The van der Waals surface area contributed by atoms with E-state index in [1.54, 1.807) is 0 Å². The highest BCUT2D eigenvalue weighted by Crippen LogP contribution is 2.20. The summed E-state index contributed by atoms with van der Waals surface area (Å²) >= 11 is 0. The average molecular weight is 298 g/mol. The van der Waals surface area contributed by atoms with E-state index in [0.717, 1.165) is 31.2 Å². The Balaban J connectivity index is 1.59. The molecule has 2 aromatic rings. The minimum Gasteiger partial charge on any atom is -0.465 e. The number of furan rings is 1. The Morgan fingerprint density at radius 1 is 1.14 bits per heavy atom. The lowest BCUT2D eigenvalue weighted by Crippen LogP contribution is -2.41. The van der Waals surface area contributed by atoms with E-state index in [4.69, 9.17) is 4.42 Å². The highest BCUT2D eigenvalue weighted by molar-refractivity contribution is 5.48. The van der Waals surface area contributed by atoms with Gasteiger partial charge in [0.05, 0.1) is 6.54 Å². The van der Waals surface area contributed by atoms with Gasteiger partial charge in [0, 0.05) is 18.3 Å². The molecule has 1 aromatic heterocycles. The number of aryl methyl sites for hydroxylation is 3. The van der Waals surface area contributed by atoms with Gasteiger partial charge in [0.1, 0.15) is 11.5 Å². The largest absolute Gasteiger partial charge is 0.465 e. The SMILES string of the molecule is Cc1ccc(CN2CCCC(Nc3ccc(C)c(C)c3)C2)o1. The van der Waals surface area contributed by atoms with Gasteiger partial charge in [-0.1, -0.05) is 6.07 Å². The first-order chi connectivity index (χ1) is 10.6. The van der Waals surface area contributed by atoms with E-state index in [1.165, 1.54) is 29.7 Å². The average Bonchev–Trinajstić information content (AvgIpc) is 2.89. The van der Waals surface area contributed by atoms with Crippen LogP contribution in [-0.4, -0.2) is 24.0 Å². The van der Waals surface area contributed by atoms with Gasteiger partial charge in [-0.2, -0.15) is 0 Å². The monoisotopic (exact) mass is 298 g/mol. The molecule has 1 unspecified atom stereocenters. The van der Waals surface area contributed by atoms with Crippen LogP contribution >= 0.6 is 0 Å². The van der Waals surface area contributed by atoms with Crippen molar-refractivity contribution in [2.45, 2.75) is 46.2 Å². The molecular formula is C19H26N2O. The second-order valence-corrected chi connectivity index (χ2v) is 6.53. The van der Waals surface area contributed by atoms with Crippen LogP contribution in [0.3, 0.4) is 0 Å². The Kier molecular flexibility index (Phi) is 4.53. The molecule has 3 heteroatoms. The smallest absolute Gasteiger partial charge is 0.118 e. The van der Waals surface area contributed by atoms with E-state index < -0.39 is 0 Å². The van der Waals surface area contributed by atoms with Gasteiger partial charge in [0.2, 0.25) is 0 Å². The summed E-state index contributed by atoms with van der Waals surface area (Å²) in [5, 5.41) is 3.70. The summed E-state index contributed by atoms with van der Waals surface area (Å²) in [6.45, 7) is 9.49. The molecule has 0 bridgehead atoms. The summed E-state index contributed by atoms with van der Waals surface area (Å²) in [6.07, 6.45) is 2.48. The van der Waals surface area contributed by atoms with Crippen molar-refractivity contribution in [2.24, 2.45) is 0 Å². The zero-order chi connectivity index (χ0) is 15.5. The van der Waals surface area contributed by atoms with Crippen molar-refractivity contribution in [3.05, 3.63) is 53.0 Å². The highest BCUT2D eigenvalue weighted by Gasteiger charge is 2.20. The van der Waals surface area contributed by atoms with Crippen LogP contribution in [0.2, 0.25) is 0 Å². The van der Waals surface area contributed by atoms with Gasteiger partial charge in [0.15, 0.2) is 0 Å². The number of nitrogens with one attached hydrogen (secondary N) is 1. The lowest BCUT2D eigenvalue weighted by molar-refractivity contribution is 0.193. The molecule has 22 heavy (non-hydrogen) atoms. The van der Waals surface area contributed by atoms with Crippen LogP contribution in [0.1, 0.15) is 35.5 Å². The summed E-state index contributed by atoms with van der Waals surface area (Å²) in [7, 11) is 0. The summed E-state index contributed by atoms with van der Waals surface area (Å²) in [4.78, 5) is 2.49. The van der Waals surface area contributed by atoms with Crippen molar-refractivity contribution in [1.82, 2.24) is 4.90 Å². The maximum atomic E-state index is 5.71. The molecule has 0 amide bonds. The number of anilines is 1. The molecule has 0 radical (unpaired) electrons. The van der Waals surface area contributed by atoms with E-state index in [2.05, 4.69) is 48.3 Å². The number of likely N-dealkylation sites (tertiary alicyclic amines) is 1. The molecule has 0 aliphatic carbocycles. The van der Waals surface area contributed by atoms with Crippen LogP contribution in [-0.2, 0) is 6.54 Å². The van der Waals surface area contributed by atoms with Crippen molar-refractivity contribution in [1.29, 1.82) is 0 Å². The fourth-order valence-corrected chi connectivity index (χ4v) is 3.17. The Hall–Kier alpha value is -1.74. The van der Waals surface area contributed by atoms with Crippen LogP contribution in [0.4, 0.5) is 5.69 Å². The molecule has 1 saturated heterocycles. The minimum absolute atomic E-state index is 0.520. The number of hydrogen-bond donors (Lipinski definition) is 1. The molecule has 1 N–H and O–H groups in total. The topological polar surface area (TPSA) is 28.4 Å². The minimum atomic E-state index is 0.520. The van der Waals surface area contributed by atoms with Crippen LogP contribution in [0.5, 0.6) is 0 Å². The molecule has 1 atom stereocenters. The molecule has 0 saturated carbocycles. The molecule has 1 aliphatic rings. The quantitative estimate of drug-likeness (QED) is 0.913. The number of piperidine rings is 1.